The number of methoxy groups -OCH3 is 2. The van der Waals surface area contributed by atoms with E-state index in [1.54, 1.807) is 7.11 Å². The quantitative estimate of drug-likeness (QED) is 0.734. The summed E-state index contributed by atoms with van der Waals surface area (Å²) in [5.41, 5.74) is 3.69. The summed E-state index contributed by atoms with van der Waals surface area (Å²) < 4.78 is 11.4. The average molecular weight is 238 g/mol. The van der Waals surface area contributed by atoms with E-state index in [2.05, 4.69) is 34.6 Å². The molecule has 2 heteroatoms. The second-order valence-electron chi connectivity index (χ2n) is 5.14. The van der Waals surface area contributed by atoms with Crippen molar-refractivity contribution in [3.8, 4) is 0 Å². The lowest BCUT2D eigenvalue weighted by Gasteiger charge is -2.43. The van der Waals surface area contributed by atoms with Crippen molar-refractivity contribution in [1.82, 2.24) is 0 Å². The summed E-state index contributed by atoms with van der Waals surface area (Å²) in [4.78, 5) is 0. The van der Waals surface area contributed by atoms with Gasteiger partial charge in [0.2, 0.25) is 0 Å². The van der Waals surface area contributed by atoms with Gasteiger partial charge in [0, 0.05) is 13.5 Å². The van der Waals surface area contributed by atoms with Crippen molar-refractivity contribution in [1.29, 1.82) is 0 Å². The van der Waals surface area contributed by atoms with Gasteiger partial charge in [0.15, 0.2) is 0 Å². The molecule has 0 heterocycles. The van der Waals surface area contributed by atoms with Crippen molar-refractivity contribution in [2.75, 3.05) is 14.2 Å². The highest BCUT2D eigenvalue weighted by molar-refractivity contribution is 5.42. The first-order chi connectivity index (χ1) is 7.94. The molecule has 0 aromatic rings. The van der Waals surface area contributed by atoms with Crippen LogP contribution in [-0.2, 0) is 9.47 Å². The second-order valence-corrected chi connectivity index (χ2v) is 5.14. The summed E-state index contributed by atoms with van der Waals surface area (Å²) >= 11 is 0. The standard InChI is InChI=1S/C15H26O2/c1-8-11(3)15(17-7)9-10(2)14(16-6)12(4)13(15)5/h11H,8-9H2,1-7H3. The molecule has 98 valence electrons. The third-order valence-electron chi connectivity index (χ3n) is 4.43. The molecule has 0 aromatic carbocycles. The Morgan fingerprint density at radius 2 is 1.82 bits per heavy atom. The third-order valence-corrected chi connectivity index (χ3v) is 4.43. The summed E-state index contributed by atoms with van der Waals surface area (Å²) in [6.07, 6.45) is 2.05. The molecule has 1 rings (SSSR count). The molecule has 0 radical (unpaired) electrons. The maximum Gasteiger partial charge on any atom is 0.120 e. The van der Waals surface area contributed by atoms with Gasteiger partial charge in [-0.1, -0.05) is 20.3 Å². The van der Waals surface area contributed by atoms with Crippen LogP contribution in [0.5, 0.6) is 0 Å². The fraction of sp³-hybridized carbons (Fsp3) is 0.733. The zero-order valence-electron chi connectivity index (χ0n) is 12.3. The first-order valence-corrected chi connectivity index (χ1v) is 6.41. The van der Waals surface area contributed by atoms with Crippen LogP contribution < -0.4 is 0 Å². The van der Waals surface area contributed by atoms with E-state index in [-0.39, 0.29) is 5.60 Å². The summed E-state index contributed by atoms with van der Waals surface area (Å²) in [6.45, 7) is 10.9. The van der Waals surface area contributed by atoms with Gasteiger partial charge in [0.1, 0.15) is 5.76 Å². The molecule has 0 aliphatic heterocycles. The van der Waals surface area contributed by atoms with Crippen LogP contribution in [0.1, 0.15) is 47.5 Å². The van der Waals surface area contributed by atoms with Gasteiger partial charge in [0.25, 0.3) is 0 Å². The number of rotatable bonds is 4. The first kappa shape index (κ1) is 14.3. The molecule has 0 N–H and O–H groups in total. The molecule has 17 heavy (non-hydrogen) atoms. The van der Waals surface area contributed by atoms with Crippen LogP contribution in [0, 0.1) is 5.92 Å². The van der Waals surface area contributed by atoms with E-state index in [1.165, 1.54) is 16.7 Å². The molecule has 0 aromatic heterocycles. The molecule has 0 fully saturated rings. The molecule has 0 saturated carbocycles. The summed E-state index contributed by atoms with van der Waals surface area (Å²) in [7, 11) is 3.58. The van der Waals surface area contributed by atoms with Crippen LogP contribution in [0.15, 0.2) is 22.5 Å². The molecule has 0 bridgehead atoms. The molecule has 2 nitrogen and oxygen atoms in total. The van der Waals surface area contributed by atoms with Crippen LogP contribution in [0.3, 0.4) is 0 Å². The average Bonchev–Trinajstić information content (AvgIpc) is 2.33. The summed E-state index contributed by atoms with van der Waals surface area (Å²) in [5, 5.41) is 0. The van der Waals surface area contributed by atoms with Crippen LogP contribution in [0.25, 0.3) is 0 Å². The Hall–Kier alpha value is -0.760. The van der Waals surface area contributed by atoms with Gasteiger partial charge < -0.3 is 9.47 Å². The molecule has 2 atom stereocenters. The molecular formula is C15H26O2. The van der Waals surface area contributed by atoms with Crippen LogP contribution in [0.2, 0.25) is 0 Å². The van der Waals surface area contributed by atoms with E-state index in [9.17, 15) is 0 Å². The SMILES string of the molecule is CCC(C)C1(OC)CC(C)=C(OC)C(C)=C1C. The smallest absolute Gasteiger partial charge is 0.120 e. The maximum absolute atomic E-state index is 5.93. The zero-order valence-corrected chi connectivity index (χ0v) is 12.3. The number of ether oxygens (including phenoxy) is 2. The van der Waals surface area contributed by atoms with E-state index in [4.69, 9.17) is 9.47 Å². The van der Waals surface area contributed by atoms with E-state index < -0.39 is 0 Å². The fourth-order valence-corrected chi connectivity index (χ4v) is 3.04. The molecule has 1 aliphatic rings. The molecular weight excluding hydrogens is 212 g/mol. The van der Waals surface area contributed by atoms with E-state index in [0.29, 0.717) is 5.92 Å². The lowest BCUT2D eigenvalue weighted by Crippen LogP contribution is -2.42. The minimum absolute atomic E-state index is 0.148. The monoisotopic (exact) mass is 238 g/mol. The zero-order chi connectivity index (χ0) is 13.2. The predicted octanol–water partition coefficient (Wildman–Crippen LogP) is 4.08. The van der Waals surface area contributed by atoms with Crippen molar-refractivity contribution in [3.63, 3.8) is 0 Å². The van der Waals surface area contributed by atoms with Crippen molar-refractivity contribution in [2.24, 2.45) is 5.92 Å². The van der Waals surface area contributed by atoms with Crippen molar-refractivity contribution < 1.29 is 9.47 Å². The van der Waals surface area contributed by atoms with Crippen molar-refractivity contribution >= 4 is 0 Å². The number of hydrogen-bond acceptors (Lipinski definition) is 2. The van der Waals surface area contributed by atoms with Gasteiger partial charge in [-0.3, -0.25) is 0 Å². The number of hydrogen-bond donors (Lipinski definition) is 0. The van der Waals surface area contributed by atoms with E-state index in [0.717, 1.165) is 18.6 Å². The predicted molar refractivity (Wildman–Crippen MR) is 71.9 cm³/mol. The molecule has 2 unspecified atom stereocenters. The highest BCUT2D eigenvalue weighted by atomic mass is 16.5. The van der Waals surface area contributed by atoms with Crippen LogP contribution in [-0.4, -0.2) is 19.8 Å². The van der Waals surface area contributed by atoms with E-state index >= 15 is 0 Å². The van der Waals surface area contributed by atoms with Crippen LogP contribution >= 0.6 is 0 Å². The van der Waals surface area contributed by atoms with Gasteiger partial charge in [-0.2, -0.15) is 0 Å². The van der Waals surface area contributed by atoms with Gasteiger partial charge in [-0.05, 0) is 43.4 Å². The minimum atomic E-state index is -0.148. The highest BCUT2D eigenvalue weighted by Crippen LogP contribution is 2.44. The largest absolute Gasteiger partial charge is 0.497 e. The van der Waals surface area contributed by atoms with Gasteiger partial charge in [-0.25, -0.2) is 0 Å². The lowest BCUT2D eigenvalue weighted by atomic mass is 9.71. The minimum Gasteiger partial charge on any atom is -0.497 e. The van der Waals surface area contributed by atoms with Crippen molar-refractivity contribution in [3.05, 3.63) is 22.5 Å². The Kier molecular flexibility index (Phi) is 4.42. The summed E-state index contributed by atoms with van der Waals surface area (Å²) in [6, 6.07) is 0. The Morgan fingerprint density at radius 1 is 1.24 bits per heavy atom. The topological polar surface area (TPSA) is 18.5 Å². The second kappa shape index (κ2) is 5.26. The van der Waals surface area contributed by atoms with Gasteiger partial charge in [0.05, 0.1) is 12.7 Å². The van der Waals surface area contributed by atoms with Gasteiger partial charge >= 0.3 is 0 Å². The molecule has 0 spiro atoms. The lowest BCUT2D eigenvalue weighted by molar-refractivity contribution is -0.0267. The fourth-order valence-electron chi connectivity index (χ4n) is 3.04. The maximum atomic E-state index is 5.93. The molecule has 0 saturated heterocycles. The first-order valence-electron chi connectivity index (χ1n) is 6.41. The molecule has 1 aliphatic carbocycles. The van der Waals surface area contributed by atoms with Crippen molar-refractivity contribution in [2.45, 2.75) is 53.1 Å². The van der Waals surface area contributed by atoms with Gasteiger partial charge in [-0.15, -0.1) is 0 Å². The Balaban J connectivity index is 3.29. The Bertz CT molecular complexity index is 352. The normalized spacial score (nSPS) is 27.5. The molecule has 0 amide bonds. The Morgan fingerprint density at radius 3 is 2.24 bits per heavy atom. The van der Waals surface area contributed by atoms with Crippen LogP contribution in [0.4, 0.5) is 0 Å². The highest BCUT2D eigenvalue weighted by Gasteiger charge is 2.41. The number of allylic oxidation sites excluding steroid dienone is 1. The third kappa shape index (κ3) is 2.15. The Labute approximate surface area is 106 Å². The van der Waals surface area contributed by atoms with E-state index in [1.807, 2.05) is 7.11 Å². The summed E-state index contributed by atoms with van der Waals surface area (Å²) in [5.74, 6) is 1.55.